The lowest BCUT2D eigenvalue weighted by Crippen LogP contribution is -2.44. The van der Waals surface area contributed by atoms with Gasteiger partial charge in [-0.15, -0.1) is 10.2 Å². The largest absolute Gasteiger partial charge is 0.474 e. The molecule has 0 amide bonds. The van der Waals surface area contributed by atoms with E-state index in [1.807, 2.05) is 0 Å². The van der Waals surface area contributed by atoms with Gasteiger partial charge in [-0.25, -0.2) is 4.98 Å². The Morgan fingerprint density at radius 3 is 2.38 bits per heavy atom. The molecule has 0 fully saturated rings. The van der Waals surface area contributed by atoms with Crippen LogP contribution in [0.15, 0.2) is 10.5 Å². The van der Waals surface area contributed by atoms with Gasteiger partial charge in [0.05, 0.1) is 11.8 Å². The molecule has 0 aliphatic carbocycles. The van der Waals surface area contributed by atoms with Gasteiger partial charge in [-0.2, -0.15) is 26.3 Å². The van der Waals surface area contributed by atoms with Crippen molar-refractivity contribution in [3.63, 3.8) is 0 Å². The van der Waals surface area contributed by atoms with Crippen LogP contribution < -0.4 is 10.5 Å². The fourth-order valence-electron chi connectivity index (χ4n) is 3.49. The van der Waals surface area contributed by atoms with Crippen molar-refractivity contribution in [1.29, 1.82) is 0 Å². The molecule has 174 valence electrons. The van der Waals surface area contributed by atoms with E-state index in [1.165, 1.54) is 14.8 Å². The zero-order valence-electron chi connectivity index (χ0n) is 17.4. The number of alkyl halides is 6. The summed E-state index contributed by atoms with van der Waals surface area (Å²) in [6, 6.07) is 0.542. The zero-order valence-corrected chi connectivity index (χ0v) is 17.4. The van der Waals surface area contributed by atoms with E-state index in [1.54, 1.807) is 7.85 Å². The van der Waals surface area contributed by atoms with Gasteiger partial charge in [0.1, 0.15) is 21.3 Å². The first-order valence-corrected chi connectivity index (χ1v) is 9.81. The highest BCUT2D eigenvalue weighted by molar-refractivity contribution is 6.21. The number of pyridine rings is 1. The maximum atomic E-state index is 13.8. The predicted octanol–water partition coefficient (Wildman–Crippen LogP) is 2.28. The van der Waals surface area contributed by atoms with Gasteiger partial charge in [0.15, 0.2) is 5.69 Å². The van der Waals surface area contributed by atoms with Crippen molar-refractivity contribution in [1.82, 2.24) is 15.2 Å². The van der Waals surface area contributed by atoms with Crippen molar-refractivity contribution in [2.24, 2.45) is 0 Å². The Morgan fingerprint density at radius 2 is 1.78 bits per heavy atom. The molecule has 2 unspecified atom stereocenters. The molecule has 15 heteroatoms. The third-order valence-corrected chi connectivity index (χ3v) is 5.70. The number of rotatable bonds is 0. The first-order chi connectivity index (χ1) is 14.6. The molecule has 32 heavy (non-hydrogen) atoms. The Morgan fingerprint density at radius 1 is 1.12 bits per heavy atom. The number of fused-ring (bicyclic) bond motifs is 5. The first kappa shape index (κ1) is 24.2. The van der Waals surface area contributed by atoms with Crippen LogP contribution in [0.2, 0.25) is 11.6 Å². The Hall–Kier alpha value is -2.44. The average molecular weight is 464 g/mol. The molecule has 0 aromatic carbocycles. The molecule has 2 aromatic heterocycles. The van der Waals surface area contributed by atoms with Crippen molar-refractivity contribution in [2.45, 2.75) is 61.9 Å². The van der Waals surface area contributed by atoms with E-state index in [9.17, 15) is 31.4 Å². The topological polar surface area (TPSA) is 107 Å². The molecule has 7 nitrogen and oxygen atoms in total. The molecule has 0 spiro atoms. The highest BCUT2D eigenvalue weighted by Crippen LogP contribution is 2.47. The van der Waals surface area contributed by atoms with Gasteiger partial charge in [0.2, 0.25) is 11.5 Å². The van der Waals surface area contributed by atoms with Crippen LogP contribution in [0.5, 0.6) is 5.88 Å². The minimum atomic E-state index is -5.15. The second-order valence-corrected chi connectivity index (χ2v) is 8.21. The third-order valence-electron chi connectivity index (χ3n) is 5.70. The lowest BCUT2D eigenvalue weighted by molar-refractivity contribution is -0.277. The summed E-state index contributed by atoms with van der Waals surface area (Å²) in [5.41, 5.74) is -0.0780. The standard InChI is InChI=1S/C17H20B2F6N4O3/c1-6-2-3-8(18)9(19)5-15(30,17(23,24)25)14-29-28-13(32-14)11-10(26)4-7(16(20,21)22)12(27-11)31-6/h4,6,8-9,30H,2-3,5,18-19,26H2,1H3/t6-,8?,9?,15-/m1/s1. The van der Waals surface area contributed by atoms with Crippen LogP contribution in [0.25, 0.3) is 11.6 Å². The summed E-state index contributed by atoms with van der Waals surface area (Å²) in [5, 5.41) is 17.3. The molecule has 3 heterocycles. The summed E-state index contributed by atoms with van der Waals surface area (Å²) in [5.74, 6) is -3.62. The van der Waals surface area contributed by atoms with E-state index < -0.39 is 70.9 Å². The maximum absolute atomic E-state index is 13.8. The minimum absolute atomic E-state index is 0.243. The molecule has 2 aromatic rings. The monoisotopic (exact) mass is 464 g/mol. The SMILES string of the molecule is BC1CC[C@@H](C)Oc2nc(c(N)cc2C(F)(F)F)-c2nnc(o2)[C@@](O)(C(F)(F)F)CC1B. The van der Waals surface area contributed by atoms with Gasteiger partial charge in [-0.1, -0.05) is 18.1 Å². The molecule has 3 rings (SSSR count). The Balaban J connectivity index is 2.21. The van der Waals surface area contributed by atoms with Gasteiger partial charge in [-0.3, -0.25) is 0 Å². The highest BCUT2D eigenvalue weighted by Gasteiger charge is 2.59. The molecule has 0 saturated carbocycles. The van der Waals surface area contributed by atoms with Crippen molar-refractivity contribution >= 4 is 21.4 Å². The summed E-state index contributed by atoms with van der Waals surface area (Å²) in [7, 11) is 3.21. The zero-order chi connectivity index (χ0) is 24.1. The van der Waals surface area contributed by atoms with Crippen LogP contribution in [-0.2, 0) is 11.8 Å². The number of ether oxygens (including phenoxy) is 1. The minimum Gasteiger partial charge on any atom is -0.474 e. The van der Waals surface area contributed by atoms with Crippen molar-refractivity contribution in [3.8, 4) is 17.5 Å². The van der Waals surface area contributed by atoms with Gasteiger partial charge in [0, 0.05) is 0 Å². The maximum Gasteiger partial charge on any atom is 0.426 e. The molecular weight excluding hydrogens is 444 g/mol. The van der Waals surface area contributed by atoms with Gasteiger partial charge < -0.3 is 20.0 Å². The predicted molar refractivity (Wildman–Crippen MR) is 105 cm³/mol. The van der Waals surface area contributed by atoms with Crippen molar-refractivity contribution in [3.05, 3.63) is 17.5 Å². The van der Waals surface area contributed by atoms with Gasteiger partial charge in [0.25, 0.3) is 11.8 Å². The molecule has 1 aliphatic rings. The van der Waals surface area contributed by atoms with E-state index in [-0.39, 0.29) is 12.2 Å². The number of hydrogen-bond acceptors (Lipinski definition) is 7. The lowest BCUT2D eigenvalue weighted by Gasteiger charge is -2.32. The fraction of sp³-hybridized carbons (Fsp3) is 0.588. The number of halogens is 6. The summed E-state index contributed by atoms with van der Waals surface area (Å²) in [4.78, 5) is 3.74. The van der Waals surface area contributed by atoms with E-state index in [0.29, 0.717) is 12.5 Å². The molecule has 3 N–H and O–H groups in total. The molecule has 1 aliphatic heterocycles. The van der Waals surface area contributed by atoms with E-state index in [4.69, 9.17) is 14.9 Å². The normalized spacial score (nSPS) is 27.4. The highest BCUT2D eigenvalue weighted by atomic mass is 19.4. The Labute approximate surface area is 180 Å². The Bertz CT molecular complexity index is 986. The lowest BCUT2D eigenvalue weighted by atomic mass is 9.61. The quantitative estimate of drug-likeness (QED) is 0.455. The molecule has 4 bridgehead atoms. The second kappa shape index (κ2) is 8.16. The van der Waals surface area contributed by atoms with E-state index in [0.717, 1.165) is 0 Å². The average Bonchev–Trinajstić information content (AvgIpc) is 3.15. The van der Waals surface area contributed by atoms with Crippen LogP contribution in [0.3, 0.4) is 0 Å². The first-order valence-electron chi connectivity index (χ1n) is 9.81. The van der Waals surface area contributed by atoms with E-state index in [2.05, 4.69) is 15.2 Å². The van der Waals surface area contributed by atoms with Crippen LogP contribution >= 0.6 is 0 Å². The summed E-state index contributed by atoms with van der Waals surface area (Å²) in [6.45, 7) is 1.53. The number of nitrogen functional groups attached to an aromatic ring is 1. The fourth-order valence-corrected chi connectivity index (χ4v) is 3.49. The molecule has 4 atom stereocenters. The van der Waals surface area contributed by atoms with Crippen LogP contribution in [0.1, 0.15) is 37.6 Å². The van der Waals surface area contributed by atoms with Crippen LogP contribution in [-0.4, -0.2) is 48.3 Å². The van der Waals surface area contributed by atoms with Crippen LogP contribution in [0, 0.1) is 0 Å². The summed E-state index contributed by atoms with van der Waals surface area (Å²) >= 11 is 0. The number of hydrogen-bond donors (Lipinski definition) is 2. The second-order valence-electron chi connectivity index (χ2n) is 8.21. The summed E-state index contributed by atoms with van der Waals surface area (Å²) < 4.78 is 92.5. The molecule has 0 saturated heterocycles. The smallest absolute Gasteiger partial charge is 0.426 e. The van der Waals surface area contributed by atoms with Crippen molar-refractivity contribution in [2.75, 3.05) is 5.73 Å². The third kappa shape index (κ3) is 4.52. The number of aliphatic hydroxyl groups is 1. The number of aromatic nitrogens is 3. The number of nitrogens with two attached hydrogens (primary N) is 1. The summed E-state index contributed by atoms with van der Waals surface area (Å²) in [6.07, 6.45) is -10.9. The molecule has 0 radical (unpaired) electrons. The molecular formula is C17H20B2F6N4O3. The van der Waals surface area contributed by atoms with Gasteiger partial charge in [-0.05, 0) is 25.8 Å². The van der Waals surface area contributed by atoms with Crippen molar-refractivity contribution < 1.29 is 40.6 Å². The van der Waals surface area contributed by atoms with Gasteiger partial charge >= 0.3 is 12.4 Å². The number of anilines is 1. The van der Waals surface area contributed by atoms with Crippen LogP contribution in [0.4, 0.5) is 32.0 Å². The van der Waals surface area contributed by atoms with E-state index >= 15 is 0 Å². The number of nitrogens with zero attached hydrogens (tertiary/aromatic N) is 3. The Kier molecular flexibility index (Phi) is 6.17.